The molecule has 2 saturated carbocycles. The molecule has 0 aromatic carbocycles. The number of carbonyl (C=O) groups is 2. The van der Waals surface area contributed by atoms with Gasteiger partial charge in [-0.1, -0.05) is 12.8 Å². The van der Waals surface area contributed by atoms with E-state index >= 15 is 0 Å². The van der Waals surface area contributed by atoms with Crippen LogP contribution < -0.4 is 0 Å². The van der Waals surface area contributed by atoms with E-state index in [4.69, 9.17) is 28.4 Å². The second kappa shape index (κ2) is 8.99. The first-order valence-electron chi connectivity index (χ1n) is 11.8. The summed E-state index contributed by atoms with van der Waals surface area (Å²) in [6, 6.07) is 0. The molecule has 0 radical (unpaired) electrons. The summed E-state index contributed by atoms with van der Waals surface area (Å²) in [6.45, 7) is 0. The third kappa shape index (κ3) is 4.05. The van der Waals surface area contributed by atoms with Crippen LogP contribution in [-0.4, -0.2) is 83.6 Å². The average molecular weight is 456 g/mol. The molecular weight excluding hydrogens is 424 g/mol. The van der Waals surface area contributed by atoms with Gasteiger partial charge in [-0.2, -0.15) is 0 Å². The zero-order chi connectivity index (χ0) is 22.3. The molecule has 8 atom stereocenters. The number of carbonyl (C=O) groups excluding carboxylic acids is 2. The molecule has 4 heterocycles. The normalized spacial score (nSPS) is 45.8. The molecule has 2 spiro atoms. The Balaban J connectivity index is 0.000000135. The van der Waals surface area contributed by atoms with Crippen molar-refractivity contribution in [2.24, 2.45) is 0 Å². The van der Waals surface area contributed by atoms with Crippen molar-refractivity contribution in [1.29, 1.82) is 0 Å². The molecule has 0 unspecified atom stereocenters. The Kier molecular flexibility index (Phi) is 6.41. The van der Waals surface area contributed by atoms with Crippen molar-refractivity contribution in [3.8, 4) is 0 Å². The van der Waals surface area contributed by atoms with Crippen LogP contribution in [0.3, 0.4) is 0 Å². The summed E-state index contributed by atoms with van der Waals surface area (Å²) in [6.07, 6.45) is 5.71. The van der Waals surface area contributed by atoms with Crippen LogP contribution >= 0.6 is 0 Å². The first-order valence-corrected chi connectivity index (χ1v) is 11.8. The Hall–Kier alpha value is -0.980. The number of fused-ring (bicyclic) bond motifs is 2. The van der Waals surface area contributed by atoms with Gasteiger partial charge in [0.2, 0.25) is 0 Å². The van der Waals surface area contributed by atoms with Crippen LogP contribution in [0, 0.1) is 0 Å². The molecule has 4 aliphatic heterocycles. The molecule has 0 aromatic heterocycles. The van der Waals surface area contributed by atoms with Gasteiger partial charge in [-0.25, -0.2) is 0 Å². The Labute approximate surface area is 186 Å². The van der Waals surface area contributed by atoms with Crippen molar-refractivity contribution in [1.82, 2.24) is 0 Å². The second-order valence-corrected chi connectivity index (χ2v) is 9.53. The fourth-order valence-electron chi connectivity index (χ4n) is 5.61. The lowest BCUT2D eigenvalue weighted by Gasteiger charge is -2.32. The fourth-order valence-corrected chi connectivity index (χ4v) is 5.61. The lowest BCUT2D eigenvalue weighted by Crippen LogP contribution is -2.39. The minimum absolute atomic E-state index is 0.506. The molecular formula is C22H32O10. The van der Waals surface area contributed by atoms with Gasteiger partial charge in [-0.15, -0.1) is 0 Å². The smallest absolute Gasteiger partial charge is 0.190 e. The number of aldehydes is 2. The zero-order valence-electron chi connectivity index (χ0n) is 18.0. The Morgan fingerprint density at radius 2 is 0.969 bits per heavy atom. The molecule has 4 saturated heterocycles. The van der Waals surface area contributed by atoms with Crippen LogP contribution in [0.1, 0.15) is 64.2 Å². The van der Waals surface area contributed by atoms with E-state index in [1.54, 1.807) is 0 Å². The van der Waals surface area contributed by atoms with E-state index in [2.05, 4.69) is 0 Å². The molecule has 6 rings (SSSR count). The third-order valence-corrected chi connectivity index (χ3v) is 7.33. The van der Waals surface area contributed by atoms with E-state index in [1.807, 2.05) is 0 Å². The summed E-state index contributed by atoms with van der Waals surface area (Å²) in [7, 11) is 0. The molecule has 0 aromatic rings. The van der Waals surface area contributed by atoms with E-state index in [1.165, 1.54) is 12.8 Å². The van der Waals surface area contributed by atoms with Gasteiger partial charge in [0.15, 0.2) is 36.7 Å². The lowest BCUT2D eigenvalue weighted by molar-refractivity contribution is -0.243. The highest BCUT2D eigenvalue weighted by atomic mass is 16.8. The Morgan fingerprint density at radius 3 is 1.28 bits per heavy atom. The standard InChI is InChI=1S/2C11H16O5/c2*12-6-7-8(13)9-10(14-7)16-11(15-9)4-2-1-3-5-11/h2*6-10,13H,1-5H2/t2*7-,8+,9-,10-/m11/s1. The second-order valence-electron chi connectivity index (χ2n) is 9.53. The lowest BCUT2D eigenvalue weighted by atomic mass is 9.94. The summed E-state index contributed by atoms with van der Waals surface area (Å²) in [5, 5.41) is 19.6. The Bertz CT molecular complexity index is 630. The van der Waals surface area contributed by atoms with E-state index in [9.17, 15) is 19.8 Å². The molecule has 6 fully saturated rings. The van der Waals surface area contributed by atoms with Crippen molar-refractivity contribution in [2.45, 2.75) is 125 Å². The minimum Gasteiger partial charge on any atom is -0.387 e. The number of rotatable bonds is 2. The highest BCUT2D eigenvalue weighted by molar-refractivity contribution is 5.58. The summed E-state index contributed by atoms with van der Waals surface area (Å²) in [5.74, 6) is -1.13. The zero-order valence-corrected chi connectivity index (χ0v) is 18.0. The van der Waals surface area contributed by atoms with Crippen LogP contribution in [0.15, 0.2) is 0 Å². The maximum absolute atomic E-state index is 10.6. The largest absolute Gasteiger partial charge is 0.387 e. The fraction of sp³-hybridized carbons (Fsp3) is 0.909. The quantitative estimate of drug-likeness (QED) is 0.573. The van der Waals surface area contributed by atoms with Gasteiger partial charge in [0.05, 0.1) is 0 Å². The summed E-state index contributed by atoms with van der Waals surface area (Å²) in [5.41, 5.74) is 0. The first kappa shape index (κ1) is 22.8. The van der Waals surface area contributed by atoms with Gasteiger partial charge in [0, 0.05) is 25.7 Å². The van der Waals surface area contributed by atoms with Crippen molar-refractivity contribution in [3.63, 3.8) is 0 Å². The number of aliphatic hydroxyl groups is 2. The SMILES string of the molecule is O=C[C@H]1O[C@@H]2OC3(CCCCC3)O[C@@H]2[C@H]1O.O=C[C@H]1O[C@@H]2OC3(CCCCC3)O[C@@H]2[C@H]1O. The van der Waals surface area contributed by atoms with Gasteiger partial charge in [0.25, 0.3) is 0 Å². The van der Waals surface area contributed by atoms with Crippen LogP contribution in [0.5, 0.6) is 0 Å². The Morgan fingerprint density at radius 1 is 0.594 bits per heavy atom. The number of ether oxygens (including phenoxy) is 6. The number of aliphatic hydroxyl groups excluding tert-OH is 2. The molecule has 2 N–H and O–H groups in total. The number of hydrogen-bond donors (Lipinski definition) is 2. The maximum Gasteiger partial charge on any atom is 0.190 e. The van der Waals surface area contributed by atoms with Crippen LogP contribution in [0.25, 0.3) is 0 Å². The van der Waals surface area contributed by atoms with Gasteiger partial charge in [-0.05, 0) is 25.7 Å². The predicted molar refractivity (Wildman–Crippen MR) is 105 cm³/mol. The summed E-state index contributed by atoms with van der Waals surface area (Å²) >= 11 is 0. The molecule has 0 bridgehead atoms. The average Bonchev–Trinajstić information content (AvgIpc) is 3.49. The third-order valence-electron chi connectivity index (χ3n) is 7.33. The monoisotopic (exact) mass is 456 g/mol. The summed E-state index contributed by atoms with van der Waals surface area (Å²) in [4.78, 5) is 21.2. The van der Waals surface area contributed by atoms with Gasteiger partial charge < -0.3 is 48.2 Å². The predicted octanol–water partition coefficient (Wildman–Crippen LogP) is 0.694. The molecule has 0 amide bonds. The van der Waals surface area contributed by atoms with Crippen LogP contribution in [0.4, 0.5) is 0 Å². The molecule has 10 heteroatoms. The topological polar surface area (TPSA) is 130 Å². The minimum atomic E-state index is -0.899. The molecule has 32 heavy (non-hydrogen) atoms. The van der Waals surface area contributed by atoms with Crippen molar-refractivity contribution in [2.75, 3.05) is 0 Å². The summed E-state index contributed by atoms with van der Waals surface area (Å²) < 4.78 is 33.7. The van der Waals surface area contributed by atoms with E-state index in [-0.39, 0.29) is 0 Å². The molecule has 180 valence electrons. The first-order chi connectivity index (χ1) is 15.5. The highest BCUT2D eigenvalue weighted by Crippen LogP contribution is 2.45. The maximum atomic E-state index is 10.6. The van der Waals surface area contributed by atoms with Crippen LogP contribution in [-0.2, 0) is 38.0 Å². The molecule has 6 aliphatic rings. The van der Waals surface area contributed by atoms with E-state index < -0.39 is 60.8 Å². The van der Waals surface area contributed by atoms with Gasteiger partial charge in [0.1, 0.15) is 36.6 Å². The van der Waals surface area contributed by atoms with Gasteiger partial charge in [-0.3, -0.25) is 0 Å². The highest BCUT2D eigenvalue weighted by Gasteiger charge is 2.58. The van der Waals surface area contributed by atoms with Crippen molar-refractivity contribution in [3.05, 3.63) is 0 Å². The van der Waals surface area contributed by atoms with Crippen LogP contribution in [0.2, 0.25) is 0 Å². The van der Waals surface area contributed by atoms with Gasteiger partial charge >= 0.3 is 0 Å². The van der Waals surface area contributed by atoms with Crippen molar-refractivity contribution < 1.29 is 48.2 Å². The van der Waals surface area contributed by atoms with E-state index in [0.717, 1.165) is 51.4 Å². The molecule has 2 aliphatic carbocycles. The van der Waals surface area contributed by atoms with Crippen molar-refractivity contribution >= 4 is 12.6 Å². The molecule has 10 nitrogen and oxygen atoms in total. The van der Waals surface area contributed by atoms with E-state index in [0.29, 0.717) is 12.6 Å². The number of hydrogen-bond acceptors (Lipinski definition) is 10.